The van der Waals surface area contributed by atoms with Crippen molar-refractivity contribution in [2.45, 2.75) is 25.8 Å². The molecule has 0 amide bonds. The molecule has 0 N–H and O–H groups in total. The highest BCUT2D eigenvalue weighted by Crippen LogP contribution is 2.49. The van der Waals surface area contributed by atoms with Crippen LogP contribution >= 0.6 is 0 Å². The zero-order chi connectivity index (χ0) is 10.0. The lowest BCUT2D eigenvalue weighted by Gasteiger charge is -2.11. The van der Waals surface area contributed by atoms with Gasteiger partial charge in [-0.2, -0.15) is 5.26 Å². The molecule has 1 saturated carbocycles. The first kappa shape index (κ1) is 8.95. The summed E-state index contributed by atoms with van der Waals surface area (Å²) in [5.74, 6) is 0. The molecule has 1 heterocycles. The molecule has 4 heteroatoms. The molecular formula is C10H11N3O. The number of aromatic nitrogens is 2. The van der Waals surface area contributed by atoms with Crippen LogP contribution in [0.5, 0.6) is 0 Å². The molecule has 0 radical (unpaired) electrons. The highest BCUT2D eigenvalue weighted by molar-refractivity contribution is 5.00. The highest BCUT2D eigenvalue weighted by Gasteiger charge is 2.42. The molecule has 1 aliphatic carbocycles. The molecule has 14 heavy (non-hydrogen) atoms. The Hall–Kier alpha value is -1.63. The molecule has 0 aliphatic heterocycles. The molecule has 0 saturated heterocycles. The highest BCUT2D eigenvalue weighted by atomic mass is 16.1. The van der Waals surface area contributed by atoms with Crippen molar-refractivity contribution in [3.63, 3.8) is 0 Å². The van der Waals surface area contributed by atoms with E-state index in [4.69, 9.17) is 5.26 Å². The van der Waals surface area contributed by atoms with Crippen LogP contribution in [0.2, 0.25) is 0 Å². The molecule has 0 unspecified atom stereocenters. The van der Waals surface area contributed by atoms with Gasteiger partial charge in [-0.25, -0.2) is 4.98 Å². The molecule has 1 aliphatic rings. The summed E-state index contributed by atoms with van der Waals surface area (Å²) in [6.45, 7) is 0.632. The fraction of sp³-hybridized carbons (Fsp3) is 0.500. The second-order valence-electron chi connectivity index (χ2n) is 3.88. The van der Waals surface area contributed by atoms with E-state index < -0.39 is 0 Å². The van der Waals surface area contributed by atoms with Gasteiger partial charge in [0.25, 0.3) is 5.56 Å². The first-order chi connectivity index (χ1) is 6.76. The lowest BCUT2D eigenvalue weighted by molar-refractivity contribution is 0.420. The Bertz CT molecular complexity index is 425. The predicted octanol–water partition coefficient (Wildman–Crippen LogP) is 0.937. The van der Waals surface area contributed by atoms with Crippen molar-refractivity contribution in [2.24, 2.45) is 5.41 Å². The van der Waals surface area contributed by atoms with Gasteiger partial charge >= 0.3 is 0 Å². The molecule has 0 aromatic carbocycles. The van der Waals surface area contributed by atoms with Gasteiger partial charge < -0.3 is 0 Å². The van der Waals surface area contributed by atoms with Gasteiger partial charge in [-0.05, 0) is 12.8 Å². The Morgan fingerprint density at radius 3 is 3.00 bits per heavy atom. The Morgan fingerprint density at radius 1 is 1.64 bits per heavy atom. The average Bonchev–Trinajstić information content (AvgIpc) is 2.90. The average molecular weight is 189 g/mol. The maximum Gasteiger partial charge on any atom is 0.253 e. The zero-order valence-corrected chi connectivity index (χ0v) is 7.81. The van der Waals surface area contributed by atoms with Crippen LogP contribution in [0.3, 0.4) is 0 Å². The maximum atomic E-state index is 11.4. The van der Waals surface area contributed by atoms with Crippen LogP contribution in [0.25, 0.3) is 0 Å². The summed E-state index contributed by atoms with van der Waals surface area (Å²) in [6, 6.07) is 3.62. The van der Waals surface area contributed by atoms with Gasteiger partial charge in [0.15, 0.2) is 0 Å². The van der Waals surface area contributed by atoms with Gasteiger partial charge in [0, 0.05) is 30.6 Å². The Balaban J connectivity index is 2.16. The summed E-state index contributed by atoms with van der Waals surface area (Å²) >= 11 is 0. The SMILES string of the molecule is N#CCC1(Cn2cnccc2=O)CC1. The lowest BCUT2D eigenvalue weighted by Crippen LogP contribution is -2.23. The summed E-state index contributed by atoms with van der Waals surface area (Å²) < 4.78 is 1.59. The van der Waals surface area contributed by atoms with Crippen molar-refractivity contribution < 1.29 is 0 Å². The van der Waals surface area contributed by atoms with Crippen molar-refractivity contribution in [3.8, 4) is 6.07 Å². The molecule has 0 spiro atoms. The van der Waals surface area contributed by atoms with E-state index in [-0.39, 0.29) is 11.0 Å². The van der Waals surface area contributed by atoms with Gasteiger partial charge in [0.1, 0.15) is 0 Å². The van der Waals surface area contributed by atoms with Gasteiger partial charge in [-0.1, -0.05) is 0 Å². The van der Waals surface area contributed by atoms with Crippen molar-refractivity contribution in [1.82, 2.24) is 9.55 Å². The van der Waals surface area contributed by atoms with E-state index in [2.05, 4.69) is 11.1 Å². The van der Waals surface area contributed by atoms with E-state index in [1.807, 2.05) is 0 Å². The lowest BCUT2D eigenvalue weighted by atomic mass is 10.0. The van der Waals surface area contributed by atoms with Gasteiger partial charge in [-0.3, -0.25) is 9.36 Å². The molecule has 0 atom stereocenters. The zero-order valence-electron chi connectivity index (χ0n) is 7.81. The van der Waals surface area contributed by atoms with E-state index >= 15 is 0 Å². The van der Waals surface area contributed by atoms with Gasteiger partial charge in [-0.15, -0.1) is 0 Å². The van der Waals surface area contributed by atoms with E-state index in [9.17, 15) is 4.79 Å². The molecule has 2 rings (SSSR count). The van der Waals surface area contributed by atoms with Crippen LogP contribution in [0.15, 0.2) is 23.4 Å². The fourth-order valence-corrected chi connectivity index (χ4v) is 1.59. The number of hydrogen-bond donors (Lipinski definition) is 0. The molecular weight excluding hydrogens is 178 g/mol. The minimum absolute atomic E-state index is 0.0378. The largest absolute Gasteiger partial charge is 0.299 e. The quantitative estimate of drug-likeness (QED) is 0.710. The summed E-state index contributed by atoms with van der Waals surface area (Å²) in [4.78, 5) is 15.3. The summed E-state index contributed by atoms with van der Waals surface area (Å²) in [6.07, 6.45) is 5.65. The minimum atomic E-state index is -0.0378. The number of hydrogen-bond acceptors (Lipinski definition) is 3. The molecule has 4 nitrogen and oxygen atoms in total. The molecule has 1 aromatic heterocycles. The van der Waals surface area contributed by atoms with Crippen LogP contribution in [-0.4, -0.2) is 9.55 Å². The van der Waals surface area contributed by atoms with Crippen LogP contribution in [0.1, 0.15) is 19.3 Å². The second kappa shape index (κ2) is 3.26. The van der Waals surface area contributed by atoms with E-state index in [1.165, 1.54) is 12.3 Å². The van der Waals surface area contributed by atoms with E-state index in [0.717, 1.165) is 12.8 Å². The number of nitriles is 1. The fourth-order valence-electron chi connectivity index (χ4n) is 1.59. The van der Waals surface area contributed by atoms with E-state index in [0.29, 0.717) is 13.0 Å². The molecule has 72 valence electrons. The third-order valence-corrected chi connectivity index (χ3v) is 2.71. The van der Waals surface area contributed by atoms with Crippen molar-refractivity contribution in [2.75, 3.05) is 0 Å². The minimum Gasteiger partial charge on any atom is -0.299 e. The second-order valence-corrected chi connectivity index (χ2v) is 3.88. The van der Waals surface area contributed by atoms with Crippen LogP contribution < -0.4 is 5.56 Å². The number of nitrogens with zero attached hydrogens (tertiary/aromatic N) is 3. The van der Waals surface area contributed by atoms with Crippen LogP contribution in [0, 0.1) is 16.7 Å². The summed E-state index contributed by atoms with van der Waals surface area (Å²) in [5, 5.41) is 8.64. The molecule has 1 fully saturated rings. The molecule has 1 aromatic rings. The molecule has 0 bridgehead atoms. The Kier molecular flexibility index (Phi) is 2.08. The summed E-state index contributed by atoms with van der Waals surface area (Å²) in [7, 11) is 0. The van der Waals surface area contributed by atoms with Crippen LogP contribution in [0.4, 0.5) is 0 Å². The topological polar surface area (TPSA) is 58.7 Å². The van der Waals surface area contributed by atoms with Gasteiger partial charge in [0.2, 0.25) is 0 Å². The van der Waals surface area contributed by atoms with Crippen molar-refractivity contribution >= 4 is 0 Å². The standard InChI is InChI=1S/C10H11N3O/c11-5-4-10(2-3-10)7-13-8-12-6-1-9(13)14/h1,6,8H,2-4,7H2. The Morgan fingerprint density at radius 2 is 2.43 bits per heavy atom. The van der Waals surface area contributed by atoms with Crippen molar-refractivity contribution in [1.29, 1.82) is 5.26 Å². The predicted molar refractivity (Wildman–Crippen MR) is 50.4 cm³/mol. The monoisotopic (exact) mass is 189 g/mol. The van der Waals surface area contributed by atoms with E-state index in [1.54, 1.807) is 10.9 Å². The normalized spacial score (nSPS) is 17.4. The first-order valence-electron chi connectivity index (χ1n) is 4.63. The summed E-state index contributed by atoms with van der Waals surface area (Å²) in [5.41, 5.74) is 0.0194. The van der Waals surface area contributed by atoms with Crippen molar-refractivity contribution in [3.05, 3.63) is 28.9 Å². The smallest absolute Gasteiger partial charge is 0.253 e. The third-order valence-electron chi connectivity index (χ3n) is 2.71. The Labute approximate surface area is 81.8 Å². The van der Waals surface area contributed by atoms with Gasteiger partial charge in [0.05, 0.1) is 12.4 Å². The third kappa shape index (κ3) is 1.67. The maximum absolute atomic E-state index is 11.4. The first-order valence-corrected chi connectivity index (χ1v) is 4.63. The van der Waals surface area contributed by atoms with Crippen LogP contribution in [-0.2, 0) is 6.54 Å². The number of rotatable bonds is 3.